The van der Waals surface area contributed by atoms with Crippen LogP contribution in [0.2, 0.25) is 5.02 Å². The summed E-state index contributed by atoms with van der Waals surface area (Å²) in [6, 6.07) is 7.75. The van der Waals surface area contributed by atoms with E-state index in [1.165, 1.54) is 9.47 Å². The molecule has 2 heterocycles. The zero-order chi connectivity index (χ0) is 24.8. The van der Waals surface area contributed by atoms with Crippen molar-refractivity contribution in [3.05, 3.63) is 50.1 Å². The quantitative estimate of drug-likeness (QED) is 0.558. The van der Waals surface area contributed by atoms with Crippen LogP contribution < -0.4 is 26.8 Å². The van der Waals surface area contributed by atoms with E-state index in [2.05, 4.69) is 14.8 Å². The van der Waals surface area contributed by atoms with Gasteiger partial charge in [-0.1, -0.05) is 44.9 Å². The number of unbranched alkanes of at least 4 members (excludes halogenated alkanes) is 1. The second-order valence-electron chi connectivity index (χ2n) is 9.14. The number of nitrogen functional groups attached to an aromatic ring is 1. The van der Waals surface area contributed by atoms with Gasteiger partial charge in [0.1, 0.15) is 5.82 Å². The van der Waals surface area contributed by atoms with Crippen LogP contribution in [0.3, 0.4) is 0 Å². The molecule has 3 rings (SSSR count). The van der Waals surface area contributed by atoms with Crippen molar-refractivity contribution in [1.82, 2.24) is 14.5 Å². The topological polar surface area (TPSA) is 108 Å². The number of nitrogens with one attached hydrogen (secondary N) is 1. The van der Waals surface area contributed by atoms with Gasteiger partial charge in [-0.3, -0.25) is 24.0 Å². The number of nitrogens with two attached hydrogens (primary N) is 1. The number of piperazine rings is 1. The lowest BCUT2D eigenvalue weighted by atomic mass is 10.2. The number of anilines is 3. The van der Waals surface area contributed by atoms with Gasteiger partial charge in [-0.15, -0.1) is 0 Å². The highest BCUT2D eigenvalue weighted by molar-refractivity contribution is 6.30. The van der Waals surface area contributed by atoms with Gasteiger partial charge in [-0.2, -0.15) is 0 Å². The van der Waals surface area contributed by atoms with Crippen LogP contribution in [0, 0.1) is 5.92 Å². The lowest BCUT2D eigenvalue weighted by molar-refractivity contribution is -0.119. The Morgan fingerprint density at radius 1 is 1.21 bits per heavy atom. The predicted octanol–water partition coefficient (Wildman–Crippen LogP) is 2.38. The first-order valence-electron chi connectivity index (χ1n) is 11.9. The number of carbonyl (C=O) groups is 1. The maximum Gasteiger partial charge on any atom is 0.330 e. The van der Waals surface area contributed by atoms with Crippen molar-refractivity contribution >= 4 is 34.7 Å². The molecule has 0 radical (unpaired) electrons. The van der Waals surface area contributed by atoms with E-state index in [0.717, 1.165) is 31.6 Å². The van der Waals surface area contributed by atoms with E-state index in [4.69, 9.17) is 17.3 Å². The van der Waals surface area contributed by atoms with Gasteiger partial charge in [0, 0.05) is 50.0 Å². The van der Waals surface area contributed by atoms with Crippen LogP contribution in [0.1, 0.15) is 33.6 Å². The summed E-state index contributed by atoms with van der Waals surface area (Å²) in [5, 5.41) is 0.697. The number of amides is 1. The Hall–Kier alpha value is -2.78. The number of rotatable bonds is 9. The fraction of sp³-hybridized carbons (Fsp3) is 0.542. The second-order valence-corrected chi connectivity index (χ2v) is 9.58. The molecule has 1 amide bonds. The first-order valence-corrected chi connectivity index (χ1v) is 12.2. The van der Waals surface area contributed by atoms with Crippen molar-refractivity contribution in [3.8, 4) is 0 Å². The molecule has 0 spiro atoms. The van der Waals surface area contributed by atoms with Crippen molar-refractivity contribution in [1.29, 1.82) is 0 Å². The number of hydrogen-bond donors (Lipinski definition) is 2. The molecule has 1 aliphatic rings. The van der Waals surface area contributed by atoms with Crippen LogP contribution in [0.25, 0.3) is 0 Å². The Morgan fingerprint density at radius 2 is 1.91 bits per heavy atom. The molecule has 1 aliphatic heterocycles. The lowest BCUT2D eigenvalue weighted by Gasteiger charge is -2.36. The second kappa shape index (κ2) is 11.6. The van der Waals surface area contributed by atoms with Crippen molar-refractivity contribution in [2.24, 2.45) is 5.92 Å². The number of benzene rings is 1. The number of aromatic nitrogens is 2. The summed E-state index contributed by atoms with van der Waals surface area (Å²) in [6.07, 6.45) is 1.57. The number of H-pyrrole nitrogens is 1. The van der Waals surface area contributed by atoms with E-state index >= 15 is 0 Å². The molecule has 1 aromatic carbocycles. The van der Waals surface area contributed by atoms with Gasteiger partial charge in [0.15, 0.2) is 5.69 Å². The van der Waals surface area contributed by atoms with Crippen molar-refractivity contribution in [2.75, 3.05) is 54.8 Å². The molecule has 1 fully saturated rings. The van der Waals surface area contributed by atoms with Crippen LogP contribution >= 0.6 is 11.6 Å². The van der Waals surface area contributed by atoms with Crippen molar-refractivity contribution in [3.63, 3.8) is 0 Å². The van der Waals surface area contributed by atoms with Crippen molar-refractivity contribution < 1.29 is 4.79 Å². The standard InChI is InChI=1S/C24H35ClN6O3/c1-4-5-9-30(21-22(26)31(15-17(2)3)24(34)27-23(21)33)20(32)16-28-10-12-29(13-11-28)19-8-6-7-18(25)14-19/h6-8,14,17H,4-5,9-13,15-16,26H2,1-3H3,(H,27,33,34). The first-order chi connectivity index (χ1) is 16.2. The summed E-state index contributed by atoms with van der Waals surface area (Å²) in [7, 11) is 0. The molecular weight excluding hydrogens is 456 g/mol. The molecule has 34 heavy (non-hydrogen) atoms. The summed E-state index contributed by atoms with van der Waals surface area (Å²) >= 11 is 6.12. The normalized spacial score (nSPS) is 14.6. The minimum absolute atomic E-state index is 0.0395. The van der Waals surface area contributed by atoms with Crippen LogP contribution in [-0.4, -0.2) is 59.6 Å². The lowest BCUT2D eigenvalue weighted by Crippen LogP contribution is -2.51. The number of carbonyl (C=O) groups excluding carboxylic acids is 1. The van der Waals surface area contributed by atoms with Gasteiger partial charge < -0.3 is 15.5 Å². The van der Waals surface area contributed by atoms with E-state index in [-0.39, 0.29) is 29.9 Å². The maximum absolute atomic E-state index is 13.4. The van der Waals surface area contributed by atoms with Crippen molar-refractivity contribution in [2.45, 2.75) is 40.2 Å². The minimum atomic E-state index is -0.627. The third-order valence-corrected chi connectivity index (χ3v) is 6.21. The average molecular weight is 491 g/mol. The predicted molar refractivity (Wildman–Crippen MR) is 138 cm³/mol. The molecule has 9 nitrogen and oxygen atoms in total. The largest absolute Gasteiger partial charge is 0.383 e. The van der Waals surface area contributed by atoms with Crippen LogP contribution in [0.15, 0.2) is 33.9 Å². The van der Waals surface area contributed by atoms with Gasteiger partial charge in [-0.05, 0) is 30.5 Å². The van der Waals surface area contributed by atoms with E-state index in [1.807, 2.05) is 45.0 Å². The number of nitrogens with zero attached hydrogens (tertiary/aromatic N) is 4. The highest BCUT2D eigenvalue weighted by Gasteiger charge is 2.27. The van der Waals surface area contributed by atoms with Gasteiger partial charge in [0.25, 0.3) is 5.56 Å². The molecule has 1 saturated heterocycles. The summed E-state index contributed by atoms with van der Waals surface area (Å²) in [5.74, 6) is -0.0105. The summed E-state index contributed by atoms with van der Waals surface area (Å²) in [4.78, 5) is 46.6. The molecular formula is C24H35ClN6O3. The highest BCUT2D eigenvalue weighted by Crippen LogP contribution is 2.22. The average Bonchev–Trinajstić information content (AvgIpc) is 2.79. The summed E-state index contributed by atoms with van der Waals surface area (Å²) < 4.78 is 1.34. The molecule has 10 heteroatoms. The Balaban J connectivity index is 1.77. The number of hydrogen-bond acceptors (Lipinski definition) is 6. The zero-order valence-electron chi connectivity index (χ0n) is 20.2. The summed E-state index contributed by atoms with van der Waals surface area (Å²) in [5.41, 5.74) is 6.24. The van der Waals surface area contributed by atoms with E-state index in [0.29, 0.717) is 31.2 Å². The molecule has 2 aromatic rings. The summed E-state index contributed by atoms with van der Waals surface area (Å²) in [6.45, 7) is 9.78. The molecule has 0 atom stereocenters. The third kappa shape index (κ3) is 6.21. The maximum atomic E-state index is 13.4. The van der Waals surface area contributed by atoms with Gasteiger partial charge in [0.05, 0.1) is 6.54 Å². The van der Waals surface area contributed by atoms with Gasteiger partial charge in [0.2, 0.25) is 5.91 Å². The fourth-order valence-electron chi connectivity index (χ4n) is 4.18. The molecule has 0 bridgehead atoms. The smallest absolute Gasteiger partial charge is 0.330 e. The monoisotopic (exact) mass is 490 g/mol. The Morgan fingerprint density at radius 3 is 2.53 bits per heavy atom. The zero-order valence-corrected chi connectivity index (χ0v) is 21.0. The highest BCUT2D eigenvalue weighted by atomic mass is 35.5. The Kier molecular flexibility index (Phi) is 8.79. The van der Waals surface area contributed by atoms with Crippen LogP contribution in [-0.2, 0) is 11.3 Å². The van der Waals surface area contributed by atoms with Gasteiger partial charge >= 0.3 is 5.69 Å². The van der Waals surface area contributed by atoms with Crippen LogP contribution in [0.4, 0.5) is 17.2 Å². The van der Waals surface area contributed by atoms with E-state index in [1.54, 1.807) is 0 Å². The molecule has 186 valence electrons. The Bertz CT molecular complexity index is 1100. The molecule has 3 N–H and O–H groups in total. The number of aromatic amines is 1. The molecule has 0 unspecified atom stereocenters. The SMILES string of the molecule is CCCCN(C(=O)CN1CCN(c2cccc(Cl)c2)CC1)c1c(N)n(CC(C)C)c(=O)[nH]c1=O. The van der Waals surface area contributed by atoms with Crippen LogP contribution in [0.5, 0.6) is 0 Å². The first kappa shape index (κ1) is 25.8. The number of halogens is 1. The molecule has 1 aromatic heterocycles. The Labute approximate surface area is 205 Å². The molecule has 0 saturated carbocycles. The minimum Gasteiger partial charge on any atom is -0.383 e. The third-order valence-electron chi connectivity index (χ3n) is 5.97. The van der Waals surface area contributed by atoms with E-state index < -0.39 is 11.2 Å². The van der Waals surface area contributed by atoms with Gasteiger partial charge in [-0.25, -0.2) is 4.79 Å². The fourth-order valence-corrected chi connectivity index (χ4v) is 4.36. The molecule has 0 aliphatic carbocycles. The van der Waals surface area contributed by atoms with E-state index in [9.17, 15) is 14.4 Å².